The van der Waals surface area contributed by atoms with Crippen molar-refractivity contribution in [2.75, 3.05) is 17.6 Å². The van der Waals surface area contributed by atoms with Gasteiger partial charge in [-0.1, -0.05) is 0 Å². The van der Waals surface area contributed by atoms with E-state index in [2.05, 4.69) is 0 Å². The van der Waals surface area contributed by atoms with Crippen molar-refractivity contribution in [3.63, 3.8) is 0 Å². The molecule has 82 valence electrons. The first-order valence-corrected chi connectivity index (χ1v) is 6.21. The summed E-state index contributed by atoms with van der Waals surface area (Å²) in [6.45, 7) is 1.77. The van der Waals surface area contributed by atoms with Crippen molar-refractivity contribution in [3.8, 4) is 0 Å². The van der Waals surface area contributed by atoms with Crippen LogP contribution >= 0.6 is 0 Å². The average Bonchev–Trinajstić information content (AvgIpc) is 2.15. The van der Waals surface area contributed by atoms with Gasteiger partial charge in [0, 0.05) is 12.6 Å². The Hall–Kier alpha value is -1.36. The molecule has 0 aliphatic carbocycles. The molecule has 0 heterocycles. The first kappa shape index (κ1) is 11.7. The van der Waals surface area contributed by atoms with Crippen LogP contribution in [0, 0.1) is 6.92 Å². The fraction of sp³-hybridized carbons (Fsp3) is 0.300. The lowest BCUT2D eigenvalue weighted by Crippen LogP contribution is -2.24. The molecule has 0 saturated heterocycles. The molecule has 0 N–H and O–H groups in total. The van der Waals surface area contributed by atoms with Gasteiger partial charge in [-0.15, -0.1) is 0 Å². The molecule has 0 aliphatic heterocycles. The Morgan fingerprint density at radius 3 is 2.33 bits per heavy atom. The lowest BCUT2D eigenvalue weighted by Gasteiger charge is -2.17. The van der Waals surface area contributed by atoms with Crippen molar-refractivity contribution in [2.24, 2.45) is 0 Å². The molecule has 1 aromatic carbocycles. The summed E-state index contributed by atoms with van der Waals surface area (Å²) >= 11 is 0. The van der Waals surface area contributed by atoms with Crippen molar-refractivity contribution in [1.82, 2.24) is 0 Å². The zero-order chi connectivity index (χ0) is 11.6. The van der Waals surface area contributed by atoms with Crippen LogP contribution in [0.5, 0.6) is 0 Å². The average molecular weight is 227 g/mol. The van der Waals surface area contributed by atoms with Gasteiger partial charge in [-0.05, 0) is 30.7 Å². The highest BCUT2D eigenvalue weighted by atomic mass is 32.2. The molecule has 0 radical (unpaired) electrons. The van der Waals surface area contributed by atoms with Crippen LogP contribution in [0.4, 0.5) is 5.69 Å². The maximum absolute atomic E-state index is 11.3. The number of nitrogens with zero attached hydrogens (tertiary/aromatic N) is 1. The Morgan fingerprint density at radius 1 is 1.33 bits per heavy atom. The first-order chi connectivity index (χ1) is 6.86. The number of benzene rings is 1. The zero-order valence-corrected chi connectivity index (χ0v) is 9.71. The standard InChI is InChI=1S/C10H13NO3S/c1-8-6-10(5-4-9(8)7-12)11(2)15(3,13)14/h4-7H,1-3H3. The highest BCUT2D eigenvalue weighted by molar-refractivity contribution is 7.92. The zero-order valence-electron chi connectivity index (χ0n) is 8.89. The van der Waals surface area contributed by atoms with E-state index in [0.29, 0.717) is 11.3 Å². The number of carbonyl (C=O) groups is 1. The second-order valence-corrected chi connectivity index (χ2v) is 5.40. The van der Waals surface area contributed by atoms with E-state index >= 15 is 0 Å². The summed E-state index contributed by atoms with van der Waals surface area (Å²) in [4.78, 5) is 10.6. The van der Waals surface area contributed by atoms with Crippen molar-refractivity contribution >= 4 is 22.0 Å². The molecule has 0 amide bonds. The van der Waals surface area contributed by atoms with Gasteiger partial charge in [0.1, 0.15) is 6.29 Å². The molecule has 0 saturated carbocycles. The molecule has 15 heavy (non-hydrogen) atoms. The Labute approximate surface area is 89.6 Å². The van der Waals surface area contributed by atoms with Crippen molar-refractivity contribution in [3.05, 3.63) is 29.3 Å². The summed E-state index contributed by atoms with van der Waals surface area (Å²) in [5.41, 5.74) is 1.89. The van der Waals surface area contributed by atoms with Gasteiger partial charge in [-0.25, -0.2) is 8.42 Å². The van der Waals surface area contributed by atoms with Crippen LogP contribution in [0.1, 0.15) is 15.9 Å². The quantitative estimate of drug-likeness (QED) is 0.729. The number of aryl methyl sites for hydroxylation is 1. The van der Waals surface area contributed by atoms with E-state index in [1.54, 1.807) is 25.1 Å². The summed E-state index contributed by atoms with van der Waals surface area (Å²) in [7, 11) is -1.77. The topological polar surface area (TPSA) is 54.5 Å². The van der Waals surface area contributed by atoms with E-state index in [1.165, 1.54) is 11.4 Å². The molecule has 0 spiro atoms. The summed E-state index contributed by atoms with van der Waals surface area (Å²) in [5.74, 6) is 0. The van der Waals surface area contributed by atoms with E-state index in [-0.39, 0.29) is 0 Å². The molecule has 0 fully saturated rings. The number of aldehydes is 1. The van der Waals surface area contributed by atoms with Crippen LogP contribution in [0.2, 0.25) is 0 Å². The Balaban J connectivity index is 3.19. The van der Waals surface area contributed by atoms with Crippen molar-refractivity contribution < 1.29 is 13.2 Å². The van der Waals surface area contributed by atoms with Crippen LogP contribution in [-0.2, 0) is 10.0 Å². The summed E-state index contributed by atoms with van der Waals surface area (Å²) < 4.78 is 23.7. The van der Waals surface area contributed by atoms with Crippen molar-refractivity contribution in [1.29, 1.82) is 0 Å². The molecule has 0 aliphatic rings. The monoisotopic (exact) mass is 227 g/mol. The number of anilines is 1. The Bertz CT molecular complexity index is 479. The molecule has 5 heteroatoms. The van der Waals surface area contributed by atoms with Gasteiger partial charge in [-0.3, -0.25) is 9.10 Å². The van der Waals surface area contributed by atoms with Crippen LogP contribution in [-0.4, -0.2) is 28.0 Å². The minimum Gasteiger partial charge on any atom is -0.298 e. The van der Waals surface area contributed by atoms with Gasteiger partial charge < -0.3 is 0 Å². The second kappa shape index (κ2) is 4.02. The van der Waals surface area contributed by atoms with Gasteiger partial charge in [0.25, 0.3) is 0 Å². The molecule has 0 aromatic heterocycles. The SMILES string of the molecule is Cc1cc(N(C)S(C)(=O)=O)ccc1C=O. The predicted octanol–water partition coefficient (Wildman–Crippen LogP) is 1.20. The Kier molecular flexibility index (Phi) is 3.14. The highest BCUT2D eigenvalue weighted by Crippen LogP contribution is 2.18. The molecular formula is C10H13NO3S. The number of hydrogen-bond donors (Lipinski definition) is 0. The third-order valence-electron chi connectivity index (χ3n) is 2.24. The van der Waals surface area contributed by atoms with E-state index < -0.39 is 10.0 Å². The lowest BCUT2D eigenvalue weighted by atomic mass is 10.1. The molecule has 1 aromatic rings. The number of rotatable bonds is 3. The summed E-state index contributed by atoms with van der Waals surface area (Å²) in [6.07, 6.45) is 1.88. The maximum Gasteiger partial charge on any atom is 0.231 e. The lowest BCUT2D eigenvalue weighted by molar-refractivity contribution is 0.112. The van der Waals surface area contributed by atoms with Crippen LogP contribution in [0.15, 0.2) is 18.2 Å². The molecule has 0 bridgehead atoms. The van der Waals surface area contributed by atoms with Crippen molar-refractivity contribution in [2.45, 2.75) is 6.92 Å². The highest BCUT2D eigenvalue weighted by Gasteiger charge is 2.12. The fourth-order valence-corrected chi connectivity index (χ4v) is 1.68. The molecule has 1 rings (SSSR count). The molecule has 0 atom stereocenters. The van der Waals surface area contributed by atoms with E-state index in [1.807, 2.05) is 0 Å². The minimum atomic E-state index is -3.25. The van der Waals surface area contributed by atoms with Gasteiger partial charge >= 0.3 is 0 Å². The van der Waals surface area contributed by atoms with E-state index in [4.69, 9.17) is 0 Å². The molecule has 4 nitrogen and oxygen atoms in total. The third kappa shape index (κ3) is 2.56. The maximum atomic E-state index is 11.3. The van der Waals surface area contributed by atoms with Crippen LogP contribution in [0.3, 0.4) is 0 Å². The largest absolute Gasteiger partial charge is 0.298 e. The van der Waals surface area contributed by atoms with Gasteiger partial charge in [0.2, 0.25) is 10.0 Å². The smallest absolute Gasteiger partial charge is 0.231 e. The van der Waals surface area contributed by atoms with Gasteiger partial charge in [-0.2, -0.15) is 0 Å². The first-order valence-electron chi connectivity index (χ1n) is 4.36. The van der Waals surface area contributed by atoms with Gasteiger partial charge in [0.15, 0.2) is 0 Å². The third-order valence-corrected chi connectivity index (χ3v) is 3.45. The Morgan fingerprint density at radius 2 is 1.93 bits per heavy atom. The summed E-state index contributed by atoms with van der Waals surface area (Å²) in [6, 6.07) is 4.89. The van der Waals surface area contributed by atoms with Crippen LogP contribution in [0.25, 0.3) is 0 Å². The van der Waals surface area contributed by atoms with E-state index in [9.17, 15) is 13.2 Å². The number of hydrogen-bond acceptors (Lipinski definition) is 3. The predicted molar refractivity (Wildman–Crippen MR) is 59.8 cm³/mol. The van der Waals surface area contributed by atoms with Gasteiger partial charge in [0.05, 0.1) is 11.9 Å². The fourth-order valence-electron chi connectivity index (χ4n) is 1.18. The number of carbonyl (C=O) groups excluding carboxylic acids is 1. The van der Waals surface area contributed by atoms with E-state index in [0.717, 1.165) is 18.1 Å². The normalized spacial score (nSPS) is 11.1. The summed E-state index contributed by atoms with van der Waals surface area (Å²) in [5, 5.41) is 0. The molecular weight excluding hydrogens is 214 g/mol. The minimum absolute atomic E-state index is 0.556. The van der Waals surface area contributed by atoms with Crippen LogP contribution < -0.4 is 4.31 Å². The second-order valence-electron chi connectivity index (χ2n) is 3.39. The number of sulfonamides is 1. The molecule has 0 unspecified atom stereocenters.